The van der Waals surface area contributed by atoms with E-state index >= 15 is 0 Å². The van der Waals surface area contributed by atoms with E-state index in [0.717, 1.165) is 6.42 Å². The molecule has 0 spiro atoms. The van der Waals surface area contributed by atoms with Crippen molar-refractivity contribution < 1.29 is 9.18 Å². The zero-order valence-electron chi connectivity index (χ0n) is 10.6. The number of alkyl halides is 1. The monoisotopic (exact) mass is 276 g/mol. The van der Waals surface area contributed by atoms with Gasteiger partial charge in [-0.15, -0.1) is 11.6 Å². The second-order valence-corrected chi connectivity index (χ2v) is 4.77. The van der Waals surface area contributed by atoms with E-state index < -0.39 is 5.38 Å². The quantitative estimate of drug-likeness (QED) is 0.591. The molecule has 0 saturated heterocycles. The number of carbonyl (C=O) groups is 1. The Morgan fingerprint density at radius 1 is 1.11 bits per heavy atom. The molecule has 2 rings (SSSR count). The van der Waals surface area contributed by atoms with Crippen molar-refractivity contribution in [2.45, 2.75) is 18.7 Å². The van der Waals surface area contributed by atoms with Gasteiger partial charge in [0.2, 0.25) is 0 Å². The van der Waals surface area contributed by atoms with Crippen LogP contribution >= 0.6 is 11.6 Å². The standard InChI is InChI=1S/C16H14ClFO/c1-2-11-3-5-13(6-4-11)16(19)15(17)12-7-9-14(18)10-8-12/h3-10,15H,2H2,1H3. The highest BCUT2D eigenvalue weighted by molar-refractivity contribution is 6.33. The van der Waals surface area contributed by atoms with Crippen LogP contribution in [0, 0.1) is 5.82 Å². The van der Waals surface area contributed by atoms with E-state index in [4.69, 9.17) is 11.6 Å². The number of halogens is 2. The van der Waals surface area contributed by atoms with Crippen LogP contribution in [-0.2, 0) is 6.42 Å². The van der Waals surface area contributed by atoms with Gasteiger partial charge >= 0.3 is 0 Å². The van der Waals surface area contributed by atoms with Crippen LogP contribution in [0.15, 0.2) is 48.5 Å². The van der Waals surface area contributed by atoms with Crippen molar-refractivity contribution in [3.63, 3.8) is 0 Å². The van der Waals surface area contributed by atoms with Gasteiger partial charge in [-0.1, -0.05) is 43.3 Å². The molecule has 98 valence electrons. The van der Waals surface area contributed by atoms with Gasteiger partial charge in [0.05, 0.1) is 0 Å². The van der Waals surface area contributed by atoms with E-state index in [1.807, 2.05) is 12.1 Å². The Labute approximate surface area is 117 Å². The summed E-state index contributed by atoms with van der Waals surface area (Å²) in [5.41, 5.74) is 2.35. The molecule has 2 aromatic carbocycles. The van der Waals surface area contributed by atoms with Crippen LogP contribution in [-0.4, -0.2) is 5.78 Å². The van der Waals surface area contributed by atoms with Gasteiger partial charge < -0.3 is 0 Å². The number of benzene rings is 2. The molecule has 19 heavy (non-hydrogen) atoms. The van der Waals surface area contributed by atoms with E-state index in [1.165, 1.54) is 29.8 Å². The van der Waals surface area contributed by atoms with Crippen LogP contribution in [0.5, 0.6) is 0 Å². The van der Waals surface area contributed by atoms with Crippen molar-refractivity contribution in [1.82, 2.24) is 0 Å². The summed E-state index contributed by atoms with van der Waals surface area (Å²) in [7, 11) is 0. The molecule has 1 atom stereocenters. The van der Waals surface area contributed by atoms with Crippen LogP contribution in [0.25, 0.3) is 0 Å². The molecule has 1 nitrogen and oxygen atoms in total. The fourth-order valence-electron chi connectivity index (χ4n) is 1.83. The SMILES string of the molecule is CCc1ccc(C(=O)C(Cl)c2ccc(F)cc2)cc1. The Balaban J connectivity index is 2.20. The Kier molecular flexibility index (Phi) is 4.33. The van der Waals surface area contributed by atoms with Gasteiger partial charge in [-0.25, -0.2) is 4.39 Å². The van der Waals surface area contributed by atoms with E-state index in [-0.39, 0.29) is 11.6 Å². The maximum atomic E-state index is 12.8. The maximum Gasteiger partial charge on any atom is 0.185 e. The van der Waals surface area contributed by atoms with Crippen LogP contribution in [0.3, 0.4) is 0 Å². The molecule has 0 aliphatic rings. The van der Waals surface area contributed by atoms with Gasteiger partial charge in [-0.3, -0.25) is 4.79 Å². The average molecular weight is 277 g/mol. The molecule has 0 fully saturated rings. The predicted octanol–water partition coefficient (Wildman–Crippen LogP) is 4.55. The van der Waals surface area contributed by atoms with E-state index in [0.29, 0.717) is 11.1 Å². The summed E-state index contributed by atoms with van der Waals surface area (Å²) >= 11 is 6.15. The zero-order valence-corrected chi connectivity index (χ0v) is 11.3. The smallest absolute Gasteiger partial charge is 0.185 e. The largest absolute Gasteiger partial charge is 0.292 e. The molecule has 0 bridgehead atoms. The first-order chi connectivity index (χ1) is 9.11. The summed E-state index contributed by atoms with van der Waals surface area (Å²) in [5.74, 6) is -0.511. The molecule has 0 N–H and O–H groups in total. The van der Waals surface area contributed by atoms with Crippen LogP contribution in [0.4, 0.5) is 4.39 Å². The second kappa shape index (κ2) is 5.98. The molecule has 0 radical (unpaired) electrons. The van der Waals surface area contributed by atoms with E-state index in [9.17, 15) is 9.18 Å². The summed E-state index contributed by atoms with van der Waals surface area (Å²) in [5, 5.41) is -0.784. The molecule has 0 aliphatic carbocycles. The third kappa shape index (κ3) is 3.21. The van der Waals surface area contributed by atoms with Crippen LogP contribution in [0.2, 0.25) is 0 Å². The lowest BCUT2D eigenvalue weighted by atomic mass is 10.0. The molecular weight excluding hydrogens is 263 g/mol. The first-order valence-corrected chi connectivity index (χ1v) is 6.58. The Hall–Kier alpha value is -1.67. The molecule has 3 heteroatoms. The summed E-state index contributed by atoms with van der Waals surface area (Å²) < 4.78 is 12.8. The number of ketones is 1. The van der Waals surface area contributed by atoms with Crippen LogP contribution in [0.1, 0.15) is 33.8 Å². The fourth-order valence-corrected chi connectivity index (χ4v) is 2.11. The third-order valence-electron chi connectivity index (χ3n) is 3.04. The van der Waals surface area contributed by atoms with Crippen molar-refractivity contribution >= 4 is 17.4 Å². The molecule has 0 amide bonds. The maximum absolute atomic E-state index is 12.8. The van der Waals surface area contributed by atoms with Crippen molar-refractivity contribution in [3.8, 4) is 0 Å². The number of carbonyl (C=O) groups excluding carboxylic acids is 1. The first-order valence-electron chi connectivity index (χ1n) is 6.14. The Morgan fingerprint density at radius 3 is 2.21 bits per heavy atom. The minimum Gasteiger partial charge on any atom is -0.292 e. The third-order valence-corrected chi connectivity index (χ3v) is 3.49. The Bertz CT molecular complexity index is 560. The highest BCUT2D eigenvalue weighted by Gasteiger charge is 2.19. The summed E-state index contributed by atoms with van der Waals surface area (Å²) in [6.07, 6.45) is 0.927. The minimum absolute atomic E-state index is 0.170. The number of hydrogen-bond acceptors (Lipinski definition) is 1. The summed E-state index contributed by atoms with van der Waals surface area (Å²) in [4.78, 5) is 12.2. The molecule has 0 heterocycles. The normalized spacial score (nSPS) is 12.2. The second-order valence-electron chi connectivity index (χ2n) is 4.33. The summed E-state index contributed by atoms with van der Waals surface area (Å²) in [6.45, 7) is 2.06. The number of aryl methyl sites for hydroxylation is 1. The highest BCUT2D eigenvalue weighted by Crippen LogP contribution is 2.25. The topological polar surface area (TPSA) is 17.1 Å². The minimum atomic E-state index is -0.784. The van der Waals surface area contributed by atoms with Gasteiger partial charge in [0.1, 0.15) is 11.2 Å². The van der Waals surface area contributed by atoms with Gasteiger partial charge in [-0.05, 0) is 29.7 Å². The molecule has 0 aliphatic heterocycles. The highest BCUT2D eigenvalue weighted by atomic mass is 35.5. The van der Waals surface area contributed by atoms with E-state index in [2.05, 4.69) is 6.92 Å². The van der Waals surface area contributed by atoms with Gasteiger partial charge in [0.25, 0.3) is 0 Å². The van der Waals surface area contributed by atoms with Crippen molar-refractivity contribution in [3.05, 3.63) is 71.0 Å². The lowest BCUT2D eigenvalue weighted by Gasteiger charge is -2.09. The van der Waals surface area contributed by atoms with Crippen molar-refractivity contribution in [1.29, 1.82) is 0 Å². The van der Waals surface area contributed by atoms with Crippen LogP contribution < -0.4 is 0 Å². The molecular formula is C16H14ClFO. The fraction of sp³-hybridized carbons (Fsp3) is 0.188. The summed E-state index contributed by atoms with van der Waals surface area (Å²) in [6, 6.07) is 13.1. The Morgan fingerprint density at radius 2 is 1.68 bits per heavy atom. The first kappa shape index (κ1) is 13.8. The van der Waals surface area contributed by atoms with Crippen molar-refractivity contribution in [2.24, 2.45) is 0 Å². The molecule has 1 unspecified atom stereocenters. The number of Topliss-reactive ketones (excluding diaryl/α,β-unsaturated/α-hetero) is 1. The predicted molar refractivity (Wildman–Crippen MR) is 75.1 cm³/mol. The number of rotatable bonds is 4. The van der Waals surface area contributed by atoms with Gasteiger partial charge in [0, 0.05) is 5.56 Å². The molecule has 2 aromatic rings. The van der Waals surface area contributed by atoms with Gasteiger partial charge in [-0.2, -0.15) is 0 Å². The molecule has 0 aromatic heterocycles. The van der Waals surface area contributed by atoms with Gasteiger partial charge in [0.15, 0.2) is 5.78 Å². The molecule has 0 saturated carbocycles. The average Bonchev–Trinajstić information content (AvgIpc) is 2.46. The van der Waals surface area contributed by atoms with Crippen molar-refractivity contribution in [2.75, 3.05) is 0 Å². The lowest BCUT2D eigenvalue weighted by Crippen LogP contribution is -2.07. The zero-order chi connectivity index (χ0) is 13.8. The lowest BCUT2D eigenvalue weighted by molar-refractivity contribution is 0.0987. The van der Waals surface area contributed by atoms with E-state index in [1.54, 1.807) is 12.1 Å². The number of hydrogen-bond donors (Lipinski definition) is 0.